The SMILES string of the molecule is CCOC(=O)Cc1c(C)n(C)c2cc3c(cc12)CN(CC)C3. The summed E-state index contributed by atoms with van der Waals surface area (Å²) in [6.45, 7) is 9.66. The quantitative estimate of drug-likeness (QED) is 0.814. The monoisotopic (exact) mass is 300 g/mol. The van der Waals surface area contributed by atoms with Gasteiger partial charge >= 0.3 is 5.97 Å². The first-order valence-electron chi connectivity index (χ1n) is 8.02. The molecule has 0 saturated carbocycles. The van der Waals surface area contributed by atoms with Gasteiger partial charge < -0.3 is 9.30 Å². The average Bonchev–Trinajstić information content (AvgIpc) is 3.00. The Morgan fingerprint density at radius 2 is 1.91 bits per heavy atom. The Labute approximate surface area is 131 Å². The van der Waals surface area contributed by atoms with Crippen LogP contribution in [0.2, 0.25) is 0 Å². The zero-order valence-corrected chi connectivity index (χ0v) is 13.9. The minimum atomic E-state index is -0.145. The normalized spacial score (nSPS) is 14.5. The van der Waals surface area contributed by atoms with E-state index in [0.29, 0.717) is 13.0 Å². The summed E-state index contributed by atoms with van der Waals surface area (Å²) in [4.78, 5) is 14.3. The van der Waals surface area contributed by atoms with Crippen molar-refractivity contribution in [2.75, 3.05) is 13.2 Å². The number of benzene rings is 1. The van der Waals surface area contributed by atoms with Gasteiger partial charge in [-0.15, -0.1) is 0 Å². The van der Waals surface area contributed by atoms with Crippen LogP contribution in [-0.2, 0) is 36.1 Å². The third-order valence-corrected chi connectivity index (χ3v) is 4.81. The summed E-state index contributed by atoms with van der Waals surface area (Å²) in [5, 5.41) is 1.20. The van der Waals surface area contributed by atoms with Crippen LogP contribution in [0.1, 0.15) is 36.2 Å². The molecule has 1 aliphatic rings. The molecule has 0 saturated heterocycles. The number of nitrogens with zero attached hydrogens (tertiary/aromatic N) is 2. The molecular weight excluding hydrogens is 276 g/mol. The number of carbonyl (C=O) groups excluding carboxylic acids is 1. The van der Waals surface area contributed by atoms with Gasteiger partial charge in [-0.3, -0.25) is 9.69 Å². The molecule has 0 spiro atoms. The van der Waals surface area contributed by atoms with Crippen LogP contribution in [0.25, 0.3) is 10.9 Å². The van der Waals surface area contributed by atoms with Crippen molar-refractivity contribution >= 4 is 16.9 Å². The Morgan fingerprint density at radius 3 is 2.55 bits per heavy atom. The molecule has 2 aromatic rings. The molecule has 1 aromatic carbocycles. The van der Waals surface area contributed by atoms with Gasteiger partial charge in [-0.2, -0.15) is 0 Å². The fraction of sp³-hybridized carbons (Fsp3) is 0.500. The fourth-order valence-electron chi connectivity index (χ4n) is 3.41. The molecule has 0 atom stereocenters. The van der Waals surface area contributed by atoms with Crippen LogP contribution in [0.3, 0.4) is 0 Å². The van der Waals surface area contributed by atoms with E-state index < -0.39 is 0 Å². The van der Waals surface area contributed by atoms with Gasteiger partial charge in [-0.05, 0) is 49.2 Å². The van der Waals surface area contributed by atoms with E-state index in [4.69, 9.17) is 4.74 Å². The van der Waals surface area contributed by atoms with Crippen molar-refractivity contribution < 1.29 is 9.53 Å². The van der Waals surface area contributed by atoms with E-state index in [2.05, 4.69) is 42.5 Å². The summed E-state index contributed by atoms with van der Waals surface area (Å²) in [7, 11) is 2.07. The summed E-state index contributed by atoms with van der Waals surface area (Å²) in [6, 6.07) is 4.57. The standard InChI is InChI=1S/C18H24N2O2/c1-5-20-10-13-7-16-15(9-18(21)22-6-2)12(3)19(4)17(16)8-14(13)11-20/h7-8H,5-6,9-11H2,1-4H3. The second-order valence-electron chi connectivity index (χ2n) is 6.05. The van der Waals surface area contributed by atoms with E-state index in [0.717, 1.165) is 30.9 Å². The highest BCUT2D eigenvalue weighted by Gasteiger charge is 2.22. The second-order valence-corrected chi connectivity index (χ2v) is 6.05. The Hall–Kier alpha value is -1.81. The van der Waals surface area contributed by atoms with Crippen LogP contribution >= 0.6 is 0 Å². The lowest BCUT2D eigenvalue weighted by Crippen LogP contribution is -2.14. The molecule has 1 aliphatic heterocycles. The zero-order valence-electron chi connectivity index (χ0n) is 13.9. The van der Waals surface area contributed by atoms with Gasteiger partial charge in [0.05, 0.1) is 13.0 Å². The van der Waals surface area contributed by atoms with Crippen LogP contribution < -0.4 is 0 Å². The molecule has 0 bridgehead atoms. The van der Waals surface area contributed by atoms with Gasteiger partial charge in [0.2, 0.25) is 0 Å². The number of ether oxygens (including phenoxy) is 1. The minimum absolute atomic E-state index is 0.145. The van der Waals surface area contributed by atoms with Gasteiger partial charge in [0.15, 0.2) is 0 Å². The summed E-state index contributed by atoms with van der Waals surface area (Å²) >= 11 is 0. The van der Waals surface area contributed by atoms with E-state index in [1.165, 1.54) is 22.0 Å². The molecule has 0 aliphatic carbocycles. The predicted molar refractivity (Wildman–Crippen MR) is 87.8 cm³/mol. The lowest BCUT2D eigenvalue weighted by molar-refractivity contribution is -0.142. The Kier molecular flexibility index (Phi) is 3.96. The van der Waals surface area contributed by atoms with Gasteiger partial charge in [0.1, 0.15) is 0 Å². The molecule has 0 N–H and O–H groups in total. The molecule has 2 heterocycles. The first-order chi connectivity index (χ1) is 10.5. The predicted octanol–water partition coefficient (Wildman–Crippen LogP) is 2.93. The molecule has 0 unspecified atom stereocenters. The number of rotatable bonds is 4. The number of carbonyl (C=O) groups is 1. The highest BCUT2D eigenvalue weighted by Crippen LogP contribution is 2.32. The third-order valence-electron chi connectivity index (χ3n) is 4.81. The van der Waals surface area contributed by atoms with Gasteiger partial charge in [0.25, 0.3) is 0 Å². The van der Waals surface area contributed by atoms with E-state index in [1.807, 2.05) is 6.92 Å². The summed E-state index contributed by atoms with van der Waals surface area (Å²) < 4.78 is 7.32. The van der Waals surface area contributed by atoms with Crippen LogP contribution in [0.15, 0.2) is 12.1 Å². The highest BCUT2D eigenvalue weighted by molar-refractivity contribution is 5.90. The number of aromatic nitrogens is 1. The van der Waals surface area contributed by atoms with Crippen LogP contribution in [0.5, 0.6) is 0 Å². The van der Waals surface area contributed by atoms with Crippen molar-refractivity contribution in [2.24, 2.45) is 7.05 Å². The maximum Gasteiger partial charge on any atom is 0.310 e. The smallest absolute Gasteiger partial charge is 0.310 e. The highest BCUT2D eigenvalue weighted by atomic mass is 16.5. The molecule has 22 heavy (non-hydrogen) atoms. The second kappa shape index (κ2) is 5.76. The van der Waals surface area contributed by atoms with Gasteiger partial charge in [0, 0.05) is 36.7 Å². The van der Waals surface area contributed by atoms with E-state index >= 15 is 0 Å². The van der Waals surface area contributed by atoms with E-state index in [1.54, 1.807) is 0 Å². The molecule has 4 nitrogen and oxygen atoms in total. The van der Waals surface area contributed by atoms with E-state index in [9.17, 15) is 4.79 Å². The Morgan fingerprint density at radius 1 is 1.23 bits per heavy atom. The van der Waals surface area contributed by atoms with Crippen molar-refractivity contribution in [3.8, 4) is 0 Å². The minimum Gasteiger partial charge on any atom is -0.466 e. The molecule has 4 heteroatoms. The van der Waals surface area contributed by atoms with Crippen LogP contribution in [-0.4, -0.2) is 28.6 Å². The number of aryl methyl sites for hydroxylation is 1. The number of fused-ring (bicyclic) bond motifs is 2. The summed E-state index contributed by atoms with van der Waals surface area (Å²) in [5.41, 5.74) is 6.28. The molecule has 0 amide bonds. The van der Waals surface area contributed by atoms with Crippen molar-refractivity contribution in [1.82, 2.24) is 9.47 Å². The van der Waals surface area contributed by atoms with Crippen molar-refractivity contribution in [3.05, 3.63) is 34.5 Å². The largest absolute Gasteiger partial charge is 0.466 e. The fourth-order valence-corrected chi connectivity index (χ4v) is 3.41. The Bertz CT molecular complexity index is 730. The van der Waals surface area contributed by atoms with E-state index in [-0.39, 0.29) is 5.97 Å². The van der Waals surface area contributed by atoms with Gasteiger partial charge in [-0.1, -0.05) is 6.92 Å². The van der Waals surface area contributed by atoms with Crippen molar-refractivity contribution in [2.45, 2.75) is 40.3 Å². The Balaban J connectivity index is 2.06. The average molecular weight is 300 g/mol. The number of esters is 1. The molecule has 3 rings (SSSR count). The molecule has 0 fully saturated rings. The summed E-state index contributed by atoms with van der Waals surface area (Å²) in [5.74, 6) is -0.145. The maximum atomic E-state index is 11.9. The van der Waals surface area contributed by atoms with Crippen molar-refractivity contribution in [1.29, 1.82) is 0 Å². The molecular formula is C18H24N2O2. The first-order valence-corrected chi connectivity index (χ1v) is 8.02. The lowest BCUT2D eigenvalue weighted by atomic mass is 10.0. The van der Waals surface area contributed by atoms with Gasteiger partial charge in [-0.25, -0.2) is 0 Å². The molecule has 1 aromatic heterocycles. The lowest BCUT2D eigenvalue weighted by Gasteiger charge is -2.09. The first kappa shape index (κ1) is 15.1. The molecule has 118 valence electrons. The van der Waals surface area contributed by atoms with Crippen molar-refractivity contribution in [3.63, 3.8) is 0 Å². The number of hydrogen-bond acceptors (Lipinski definition) is 3. The van der Waals surface area contributed by atoms with Crippen LogP contribution in [0.4, 0.5) is 0 Å². The topological polar surface area (TPSA) is 34.5 Å². The zero-order chi connectivity index (χ0) is 15.9. The third kappa shape index (κ3) is 2.41. The number of hydrogen-bond donors (Lipinski definition) is 0. The van der Waals surface area contributed by atoms with Crippen LogP contribution in [0, 0.1) is 6.92 Å². The summed E-state index contributed by atoms with van der Waals surface area (Å²) in [6.07, 6.45) is 0.354. The maximum absolute atomic E-state index is 11.9. The molecule has 0 radical (unpaired) electrons.